The first-order valence-corrected chi connectivity index (χ1v) is 8.97. The zero-order valence-electron chi connectivity index (χ0n) is 13.4. The Balaban J connectivity index is 1.59. The molecule has 3 atom stereocenters. The van der Waals surface area contributed by atoms with Gasteiger partial charge in [-0.05, 0) is 68.0 Å². The maximum Gasteiger partial charge on any atom is 0.0299 e. The first-order chi connectivity index (χ1) is 10.3. The van der Waals surface area contributed by atoms with Crippen molar-refractivity contribution in [3.8, 4) is 0 Å². The predicted molar refractivity (Wildman–Crippen MR) is 88.2 cm³/mol. The molecule has 0 saturated heterocycles. The van der Waals surface area contributed by atoms with Crippen molar-refractivity contribution < 1.29 is 0 Å². The van der Waals surface area contributed by atoms with E-state index in [1.54, 1.807) is 0 Å². The number of hydrogen-bond acceptors (Lipinski definition) is 2. The fraction of sp³-hybridized carbons (Fsp3) is 0.737. The summed E-state index contributed by atoms with van der Waals surface area (Å²) in [6, 6.07) is 5.18. The van der Waals surface area contributed by atoms with Crippen molar-refractivity contribution >= 4 is 0 Å². The minimum atomic E-state index is 0.845. The second-order valence-corrected chi connectivity index (χ2v) is 7.24. The zero-order valence-corrected chi connectivity index (χ0v) is 13.4. The van der Waals surface area contributed by atoms with Crippen molar-refractivity contribution in [3.05, 3.63) is 30.1 Å². The molecule has 0 radical (unpaired) electrons. The highest BCUT2D eigenvalue weighted by Gasteiger charge is 2.31. The summed E-state index contributed by atoms with van der Waals surface area (Å²) in [6.45, 7) is 3.57. The molecule has 1 heterocycles. The second kappa shape index (κ2) is 7.40. The molecule has 0 aromatic carbocycles. The maximum atomic E-state index is 4.30. The van der Waals surface area contributed by atoms with E-state index < -0.39 is 0 Å². The average molecular weight is 286 g/mol. The minimum Gasteiger partial charge on any atom is -0.314 e. The van der Waals surface area contributed by atoms with Gasteiger partial charge in [-0.2, -0.15) is 0 Å². The maximum absolute atomic E-state index is 4.30. The Morgan fingerprint density at radius 1 is 1.19 bits per heavy atom. The van der Waals surface area contributed by atoms with E-state index in [2.05, 4.69) is 35.6 Å². The van der Waals surface area contributed by atoms with Crippen LogP contribution in [-0.2, 0) is 6.42 Å². The first kappa shape index (κ1) is 15.0. The molecule has 3 rings (SSSR count). The Morgan fingerprint density at radius 2 is 2.10 bits per heavy atom. The van der Waals surface area contributed by atoms with Gasteiger partial charge in [-0.15, -0.1) is 0 Å². The van der Waals surface area contributed by atoms with Crippen molar-refractivity contribution in [1.29, 1.82) is 0 Å². The summed E-state index contributed by atoms with van der Waals surface area (Å²) >= 11 is 0. The van der Waals surface area contributed by atoms with Crippen LogP contribution in [0.1, 0.15) is 57.4 Å². The van der Waals surface area contributed by atoms with Crippen LogP contribution >= 0.6 is 0 Å². The quantitative estimate of drug-likeness (QED) is 0.812. The van der Waals surface area contributed by atoms with Crippen LogP contribution in [0.2, 0.25) is 0 Å². The third-order valence-electron chi connectivity index (χ3n) is 5.41. The summed E-state index contributed by atoms with van der Waals surface area (Å²) in [5.74, 6) is 2.69. The molecule has 2 nitrogen and oxygen atoms in total. The van der Waals surface area contributed by atoms with Crippen molar-refractivity contribution in [2.24, 2.45) is 17.8 Å². The van der Waals surface area contributed by atoms with Crippen molar-refractivity contribution in [3.63, 3.8) is 0 Å². The van der Waals surface area contributed by atoms with Crippen LogP contribution in [-0.4, -0.2) is 17.6 Å². The van der Waals surface area contributed by atoms with Crippen LogP contribution in [0, 0.1) is 17.8 Å². The summed E-state index contributed by atoms with van der Waals surface area (Å²) in [6.07, 6.45) is 15.1. The average Bonchev–Trinajstić information content (AvgIpc) is 3.32. The molecule has 2 heteroatoms. The summed E-state index contributed by atoms with van der Waals surface area (Å²) in [4.78, 5) is 4.30. The van der Waals surface area contributed by atoms with E-state index in [-0.39, 0.29) is 0 Å². The summed E-state index contributed by atoms with van der Waals surface area (Å²) in [7, 11) is 0. The van der Waals surface area contributed by atoms with Crippen LogP contribution in [0.5, 0.6) is 0 Å². The monoisotopic (exact) mass is 286 g/mol. The van der Waals surface area contributed by atoms with Gasteiger partial charge in [-0.1, -0.05) is 32.3 Å². The zero-order chi connectivity index (χ0) is 14.5. The van der Waals surface area contributed by atoms with Gasteiger partial charge in [0.25, 0.3) is 0 Å². The van der Waals surface area contributed by atoms with Gasteiger partial charge in [0.05, 0.1) is 0 Å². The van der Waals surface area contributed by atoms with Crippen molar-refractivity contribution in [2.75, 3.05) is 6.54 Å². The van der Waals surface area contributed by atoms with Gasteiger partial charge in [-0.3, -0.25) is 4.98 Å². The van der Waals surface area contributed by atoms with Crippen molar-refractivity contribution in [1.82, 2.24) is 10.3 Å². The molecule has 0 spiro atoms. The van der Waals surface area contributed by atoms with Crippen LogP contribution in [0.15, 0.2) is 24.5 Å². The van der Waals surface area contributed by atoms with Gasteiger partial charge in [0, 0.05) is 18.4 Å². The summed E-state index contributed by atoms with van der Waals surface area (Å²) in [5, 5.41) is 3.77. The highest BCUT2D eigenvalue weighted by atomic mass is 14.9. The molecule has 1 aromatic heterocycles. The Kier molecular flexibility index (Phi) is 5.29. The summed E-state index contributed by atoms with van der Waals surface area (Å²) < 4.78 is 0. The second-order valence-electron chi connectivity index (χ2n) is 7.24. The van der Waals surface area contributed by atoms with Gasteiger partial charge in [0.15, 0.2) is 0 Å². The SMILES string of the molecule is CCCC1CCC(CNC2CC2)C(Cc2cccnc2)C1. The van der Waals surface area contributed by atoms with Crippen LogP contribution in [0.4, 0.5) is 0 Å². The molecule has 0 aliphatic heterocycles. The molecule has 2 aliphatic carbocycles. The third-order valence-corrected chi connectivity index (χ3v) is 5.41. The molecule has 2 fully saturated rings. The lowest BCUT2D eigenvalue weighted by Crippen LogP contribution is -2.35. The number of nitrogens with one attached hydrogen (secondary N) is 1. The largest absolute Gasteiger partial charge is 0.314 e. The highest BCUT2D eigenvalue weighted by molar-refractivity contribution is 5.10. The fourth-order valence-corrected chi connectivity index (χ4v) is 4.04. The lowest BCUT2D eigenvalue weighted by atomic mass is 9.70. The standard InChI is InChI=1S/C19H30N2/c1-2-4-15-6-7-17(14-21-19-8-9-19)18(11-15)12-16-5-3-10-20-13-16/h3,5,10,13,15,17-19,21H,2,4,6-9,11-12,14H2,1H3. The number of aromatic nitrogens is 1. The molecule has 0 amide bonds. The Morgan fingerprint density at radius 3 is 2.81 bits per heavy atom. The number of rotatable bonds is 7. The van der Waals surface area contributed by atoms with Gasteiger partial charge >= 0.3 is 0 Å². The minimum absolute atomic E-state index is 0.845. The smallest absolute Gasteiger partial charge is 0.0299 e. The predicted octanol–water partition coefficient (Wildman–Crippen LogP) is 4.21. The molecule has 21 heavy (non-hydrogen) atoms. The molecule has 1 N–H and O–H groups in total. The van der Waals surface area contributed by atoms with Gasteiger partial charge in [0.2, 0.25) is 0 Å². The third kappa shape index (κ3) is 4.54. The number of pyridine rings is 1. The molecular formula is C19H30N2. The van der Waals surface area contributed by atoms with E-state index in [0.29, 0.717) is 0 Å². The molecule has 0 bridgehead atoms. The summed E-state index contributed by atoms with van der Waals surface area (Å²) in [5.41, 5.74) is 1.43. The van der Waals surface area contributed by atoms with Gasteiger partial charge in [0.1, 0.15) is 0 Å². The van der Waals surface area contributed by atoms with Crippen molar-refractivity contribution in [2.45, 2.75) is 64.3 Å². The van der Waals surface area contributed by atoms with E-state index in [0.717, 1.165) is 23.8 Å². The molecular weight excluding hydrogens is 256 g/mol. The Hall–Kier alpha value is -0.890. The van der Waals surface area contributed by atoms with Crippen LogP contribution in [0.25, 0.3) is 0 Å². The molecule has 116 valence electrons. The van der Waals surface area contributed by atoms with E-state index in [4.69, 9.17) is 0 Å². The number of hydrogen-bond donors (Lipinski definition) is 1. The normalized spacial score (nSPS) is 29.5. The van der Waals surface area contributed by atoms with E-state index in [9.17, 15) is 0 Å². The topological polar surface area (TPSA) is 24.9 Å². The van der Waals surface area contributed by atoms with E-state index in [1.165, 1.54) is 63.5 Å². The molecule has 3 unspecified atom stereocenters. The lowest BCUT2D eigenvalue weighted by molar-refractivity contribution is 0.167. The first-order valence-electron chi connectivity index (χ1n) is 8.97. The van der Waals surface area contributed by atoms with Gasteiger partial charge < -0.3 is 5.32 Å². The number of nitrogens with zero attached hydrogens (tertiary/aromatic N) is 1. The molecule has 1 aromatic rings. The lowest BCUT2D eigenvalue weighted by Gasteiger charge is -2.36. The Labute approximate surface area is 129 Å². The van der Waals surface area contributed by atoms with Gasteiger partial charge in [-0.25, -0.2) is 0 Å². The highest BCUT2D eigenvalue weighted by Crippen LogP contribution is 2.38. The van der Waals surface area contributed by atoms with Crippen LogP contribution in [0.3, 0.4) is 0 Å². The van der Waals surface area contributed by atoms with Crippen LogP contribution < -0.4 is 5.32 Å². The Bertz CT molecular complexity index is 413. The van der Waals surface area contributed by atoms with E-state index >= 15 is 0 Å². The molecule has 2 saturated carbocycles. The van der Waals surface area contributed by atoms with E-state index in [1.807, 2.05) is 6.20 Å². The molecule has 2 aliphatic rings. The fourth-order valence-electron chi connectivity index (χ4n) is 4.04.